The van der Waals surface area contributed by atoms with Crippen LogP contribution in [0.4, 0.5) is 5.69 Å². The van der Waals surface area contributed by atoms with Gasteiger partial charge in [-0.2, -0.15) is 0 Å². The van der Waals surface area contributed by atoms with Crippen molar-refractivity contribution in [2.45, 2.75) is 0 Å². The zero-order valence-electron chi connectivity index (χ0n) is 13.7. The average molecular weight is 339 g/mol. The normalized spacial score (nSPS) is 11.4. The molecule has 3 aromatic carbocycles. The Bertz CT molecular complexity index is 1310. The molecule has 5 heteroatoms. The summed E-state index contributed by atoms with van der Waals surface area (Å²) < 4.78 is 1.88. The lowest BCUT2D eigenvalue weighted by Gasteiger charge is -2.07. The lowest BCUT2D eigenvalue weighted by Crippen LogP contribution is -1.99. The minimum Gasteiger partial charge on any atom is -0.288 e. The van der Waals surface area contributed by atoms with Gasteiger partial charge in [-0.15, -0.1) is 0 Å². The van der Waals surface area contributed by atoms with E-state index < -0.39 is 0 Å². The van der Waals surface area contributed by atoms with Gasteiger partial charge in [0.05, 0.1) is 10.4 Å². The fraction of sp³-hybridized carbons (Fsp3) is 0. The van der Waals surface area contributed by atoms with Crippen molar-refractivity contribution in [3.63, 3.8) is 0 Å². The van der Waals surface area contributed by atoms with E-state index in [2.05, 4.69) is 4.98 Å². The fourth-order valence-electron chi connectivity index (χ4n) is 3.68. The smallest absolute Gasteiger partial charge is 0.288 e. The molecular formula is C21H13N3O2. The van der Waals surface area contributed by atoms with Gasteiger partial charge in [0.15, 0.2) is 0 Å². The summed E-state index contributed by atoms with van der Waals surface area (Å²) in [6, 6.07) is 22.9. The summed E-state index contributed by atoms with van der Waals surface area (Å²) >= 11 is 0. The van der Waals surface area contributed by atoms with Gasteiger partial charge in [0.1, 0.15) is 11.3 Å². The number of benzene rings is 3. The first-order chi connectivity index (χ1) is 12.8. The van der Waals surface area contributed by atoms with Gasteiger partial charge in [-0.25, -0.2) is 4.98 Å². The zero-order chi connectivity index (χ0) is 17.7. The second-order valence-electron chi connectivity index (χ2n) is 6.14. The van der Waals surface area contributed by atoms with Crippen LogP contribution in [0.2, 0.25) is 0 Å². The van der Waals surface area contributed by atoms with Crippen molar-refractivity contribution in [3.05, 3.63) is 89.1 Å². The summed E-state index contributed by atoms with van der Waals surface area (Å²) in [5, 5.41) is 15.6. The molecule has 0 amide bonds. The highest BCUT2D eigenvalue weighted by molar-refractivity contribution is 6.23. The number of hydrogen-bond acceptors (Lipinski definition) is 3. The number of nitro groups is 1. The Morgan fingerprint density at radius 3 is 2.38 bits per heavy atom. The number of nitrogens with zero attached hydrogens (tertiary/aromatic N) is 3. The molecule has 5 nitrogen and oxygen atoms in total. The summed E-state index contributed by atoms with van der Waals surface area (Å²) in [7, 11) is 0. The van der Waals surface area contributed by atoms with Gasteiger partial charge in [0.25, 0.3) is 5.69 Å². The summed E-state index contributed by atoms with van der Waals surface area (Å²) in [6.07, 6.45) is 1.70. The van der Waals surface area contributed by atoms with Crippen molar-refractivity contribution in [1.29, 1.82) is 0 Å². The number of aromatic nitrogens is 2. The number of pyridine rings is 1. The van der Waals surface area contributed by atoms with Crippen LogP contribution in [0.3, 0.4) is 0 Å². The molecule has 0 N–H and O–H groups in total. The summed E-state index contributed by atoms with van der Waals surface area (Å²) in [5.41, 5.74) is 1.56. The molecule has 2 aromatic heterocycles. The molecule has 0 saturated carbocycles. The van der Waals surface area contributed by atoms with Gasteiger partial charge in [0.2, 0.25) is 0 Å². The second kappa shape index (κ2) is 5.39. The van der Waals surface area contributed by atoms with Crippen molar-refractivity contribution in [2.24, 2.45) is 0 Å². The van der Waals surface area contributed by atoms with Crippen LogP contribution in [-0.4, -0.2) is 14.5 Å². The molecule has 0 aliphatic carbocycles. The number of fused-ring (bicyclic) bond motifs is 5. The maximum absolute atomic E-state index is 11.9. The molecule has 124 valence electrons. The van der Waals surface area contributed by atoms with Crippen molar-refractivity contribution >= 4 is 38.3 Å². The topological polar surface area (TPSA) is 61.0 Å². The van der Waals surface area contributed by atoms with Crippen molar-refractivity contribution in [1.82, 2.24) is 9.55 Å². The largest absolute Gasteiger partial charge is 0.294 e. The number of hydrogen-bond donors (Lipinski definition) is 0. The maximum Gasteiger partial charge on any atom is 0.294 e. The lowest BCUT2D eigenvalue weighted by molar-refractivity contribution is -0.383. The minimum atomic E-state index is -0.312. The molecule has 0 spiro atoms. The quantitative estimate of drug-likeness (QED) is 0.326. The Morgan fingerprint density at radius 2 is 1.62 bits per heavy atom. The van der Waals surface area contributed by atoms with Crippen molar-refractivity contribution in [3.8, 4) is 5.82 Å². The van der Waals surface area contributed by atoms with Gasteiger partial charge >= 0.3 is 0 Å². The first-order valence-corrected chi connectivity index (χ1v) is 8.26. The predicted octanol–water partition coefficient (Wildman–Crippen LogP) is 5.24. The Balaban J connectivity index is 2.13. The van der Waals surface area contributed by atoms with E-state index in [9.17, 15) is 10.1 Å². The molecule has 0 fully saturated rings. The van der Waals surface area contributed by atoms with Gasteiger partial charge in [-0.1, -0.05) is 48.5 Å². The van der Waals surface area contributed by atoms with E-state index in [-0.39, 0.29) is 10.6 Å². The zero-order valence-corrected chi connectivity index (χ0v) is 13.7. The SMILES string of the molecule is O=[N+]([O-])c1cc2ccccc2c2c3ccccc3n(-c3ccccn3)c12. The molecule has 0 unspecified atom stereocenters. The van der Waals surface area contributed by atoms with Crippen LogP contribution in [0.25, 0.3) is 38.4 Å². The van der Waals surface area contributed by atoms with E-state index in [4.69, 9.17) is 0 Å². The highest BCUT2D eigenvalue weighted by Crippen LogP contribution is 2.41. The Labute approximate surface area is 148 Å². The summed E-state index contributed by atoms with van der Waals surface area (Å²) in [4.78, 5) is 16.0. The second-order valence-corrected chi connectivity index (χ2v) is 6.14. The highest BCUT2D eigenvalue weighted by atomic mass is 16.6. The van der Waals surface area contributed by atoms with E-state index in [1.807, 2.05) is 71.3 Å². The van der Waals surface area contributed by atoms with Crippen molar-refractivity contribution < 1.29 is 4.92 Å². The van der Waals surface area contributed by atoms with E-state index in [0.29, 0.717) is 11.3 Å². The number of nitro benzene ring substituents is 1. The predicted molar refractivity (Wildman–Crippen MR) is 103 cm³/mol. The van der Waals surface area contributed by atoms with Crippen LogP contribution in [0.5, 0.6) is 0 Å². The molecule has 26 heavy (non-hydrogen) atoms. The van der Waals surface area contributed by atoms with Gasteiger partial charge in [-0.05, 0) is 29.0 Å². The Hall–Kier alpha value is -3.73. The number of non-ortho nitro benzene ring substituents is 1. The van der Waals surface area contributed by atoms with E-state index in [0.717, 1.165) is 27.1 Å². The van der Waals surface area contributed by atoms with E-state index in [1.54, 1.807) is 12.3 Å². The molecule has 0 aliphatic heterocycles. The van der Waals surface area contributed by atoms with Crippen LogP contribution in [0.15, 0.2) is 79.0 Å². The van der Waals surface area contributed by atoms with Crippen LogP contribution >= 0.6 is 0 Å². The van der Waals surface area contributed by atoms with Crippen molar-refractivity contribution in [2.75, 3.05) is 0 Å². The molecule has 0 radical (unpaired) electrons. The van der Waals surface area contributed by atoms with Gasteiger partial charge in [-0.3, -0.25) is 14.7 Å². The fourth-order valence-corrected chi connectivity index (χ4v) is 3.68. The van der Waals surface area contributed by atoms with Gasteiger partial charge < -0.3 is 0 Å². The minimum absolute atomic E-state index is 0.0838. The third-order valence-electron chi connectivity index (χ3n) is 4.71. The number of para-hydroxylation sites is 1. The van der Waals surface area contributed by atoms with Crippen LogP contribution < -0.4 is 0 Å². The average Bonchev–Trinajstić information content (AvgIpc) is 3.03. The molecule has 0 saturated heterocycles. The van der Waals surface area contributed by atoms with E-state index >= 15 is 0 Å². The maximum atomic E-state index is 11.9. The van der Waals surface area contributed by atoms with Gasteiger partial charge in [0, 0.05) is 23.0 Å². The molecule has 0 bridgehead atoms. The lowest BCUT2D eigenvalue weighted by atomic mass is 10.0. The first kappa shape index (κ1) is 14.6. The standard InChI is InChI=1S/C21H13N3O2/c25-24(26)18-13-14-7-1-2-8-15(14)20-16-9-3-4-10-17(16)23(21(18)20)19-11-5-6-12-22-19/h1-13H. The van der Waals surface area contributed by atoms with Crippen LogP contribution in [0, 0.1) is 10.1 Å². The highest BCUT2D eigenvalue weighted by Gasteiger charge is 2.24. The van der Waals surface area contributed by atoms with E-state index in [1.165, 1.54) is 0 Å². The molecule has 2 heterocycles. The molecule has 0 aliphatic rings. The Kier molecular flexibility index (Phi) is 3.03. The molecule has 0 atom stereocenters. The molecular weight excluding hydrogens is 326 g/mol. The Morgan fingerprint density at radius 1 is 0.885 bits per heavy atom. The molecule has 5 rings (SSSR count). The summed E-state index contributed by atoms with van der Waals surface area (Å²) in [5.74, 6) is 0.664. The molecule has 5 aromatic rings. The first-order valence-electron chi connectivity index (χ1n) is 8.26. The third-order valence-corrected chi connectivity index (χ3v) is 4.71. The third kappa shape index (κ3) is 1.94. The number of rotatable bonds is 2. The summed E-state index contributed by atoms with van der Waals surface area (Å²) in [6.45, 7) is 0. The monoisotopic (exact) mass is 339 g/mol. The van der Waals surface area contributed by atoms with Crippen LogP contribution in [0.1, 0.15) is 0 Å². The van der Waals surface area contributed by atoms with Crippen LogP contribution in [-0.2, 0) is 0 Å².